The van der Waals surface area contributed by atoms with Gasteiger partial charge in [0.05, 0.1) is 5.56 Å². The topological polar surface area (TPSA) is 41.5 Å². The first-order valence-electron chi connectivity index (χ1n) is 8.33. The number of nitrogens with one attached hydrogen (secondary N) is 1. The zero-order valence-electron chi connectivity index (χ0n) is 14.0. The smallest absolute Gasteiger partial charge is 0.267 e. The summed E-state index contributed by atoms with van der Waals surface area (Å²) in [7, 11) is 0. The fourth-order valence-electron chi connectivity index (χ4n) is 4.16. The molecular weight excluding hydrogens is 292 g/mol. The van der Waals surface area contributed by atoms with E-state index in [1.807, 2.05) is 11.4 Å². The first-order chi connectivity index (χ1) is 10.4. The van der Waals surface area contributed by atoms with Gasteiger partial charge in [0.25, 0.3) is 5.91 Å². The number of fused-ring (bicyclic) bond motifs is 2. The number of carbonyl (C=O) groups is 1. The summed E-state index contributed by atoms with van der Waals surface area (Å²) >= 11 is 1.66. The maximum Gasteiger partial charge on any atom is 0.272 e. The quantitative estimate of drug-likeness (QED) is 0.808. The third-order valence-corrected chi connectivity index (χ3v) is 7.21. The van der Waals surface area contributed by atoms with Gasteiger partial charge >= 0.3 is 0 Å². The van der Waals surface area contributed by atoms with Crippen LogP contribution in [0.25, 0.3) is 0 Å². The average molecular weight is 318 g/mol. The summed E-state index contributed by atoms with van der Waals surface area (Å²) in [5.74, 6) is 0.640. The summed E-state index contributed by atoms with van der Waals surface area (Å²) in [6.07, 6.45) is 5.67. The van der Waals surface area contributed by atoms with Gasteiger partial charge in [-0.3, -0.25) is 4.79 Å². The molecule has 0 saturated heterocycles. The lowest BCUT2D eigenvalue weighted by molar-refractivity contribution is 0.0954. The minimum absolute atomic E-state index is 0.0738. The fraction of sp³-hybridized carbons (Fsp3) is 0.667. The van der Waals surface area contributed by atoms with E-state index in [0.717, 1.165) is 24.8 Å². The molecule has 3 nitrogen and oxygen atoms in total. The van der Waals surface area contributed by atoms with Crippen molar-refractivity contribution in [2.24, 2.45) is 21.8 Å². The van der Waals surface area contributed by atoms with Crippen LogP contribution < -0.4 is 5.43 Å². The molecule has 2 bridgehead atoms. The lowest BCUT2D eigenvalue weighted by Crippen LogP contribution is -2.34. The second kappa shape index (κ2) is 5.48. The monoisotopic (exact) mass is 318 g/mol. The number of aryl methyl sites for hydroxylation is 1. The van der Waals surface area contributed by atoms with E-state index in [-0.39, 0.29) is 11.3 Å². The van der Waals surface area contributed by atoms with Gasteiger partial charge in [-0.25, -0.2) is 5.43 Å². The summed E-state index contributed by atoms with van der Waals surface area (Å²) in [4.78, 5) is 13.6. The van der Waals surface area contributed by atoms with Crippen LogP contribution in [0.4, 0.5) is 0 Å². The summed E-state index contributed by atoms with van der Waals surface area (Å²) in [5, 5.41) is 6.46. The zero-order valence-corrected chi connectivity index (χ0v) is 14.8. The molecule has 0 spiro atoms. The minimum atomic E-state index is -0.0738. The summed E-state index contributed by atoms with van der Waals surface area (Å²) in [6.45, 7) is 9.17. The molecule has 2 unspecified atom stereocenters. The molecule has 4 heteroatoms. The average Bonchev–Trinajstić information content (AvgIpc) is 3.07. The van der Waals surface area contributed by atoms with Crippen molar-refractivity contribution in [3.63, 3.8) is 0 Å². The van der Waals surface area contributed by atoms with Crippen LogP contribution in [0, 0.1) is 16.7 Å². The molecule has 2 atom stereocenters. The first kappa shape index (κ1) is 15.7. The van der Waals surface area contributed by atoms with Crippen LogP contribution in [0.3, 0.4) is 0 Å². The van der Waals surface area contributed by atoms with E-state index in [4.69, 9.17) is 0 Å². The number of hydrogen-bond acceptors (Lipinski definition) is 3. The van der Waals surface area contributed by atoms with Crippen molar-refractivity contribution in [3.05, 3.63) is 21.9 Å². The van der Waals surface area contributed by atoms with Crippen LogP contribution in [0.15, 0.2) is 16.5 Å². The van der Waals surface area contributed by atoms with Crippen LogP contribution >= 0.6 is 11.3 Å². The molecule has 0 radical (unpaired) electrons. The van der Waals surface area contributed by atoms with Crippen molar-refractivity contribution in [3.8, 4) is 0 Å². The second-order valence-corrected chi connectivity index (χ2v) is 8.54. The molecule has 1 aromatic rings. The molecule has 120 valence electrons. The highest BCUT2D eigenvalue weighted by Crippen LogP contribution is 2.63. The third-order valence-electron chi connectivity index (χ3n) is 6.22. The van der Waals surface area contributed by atoms with Crippen molar-refractivity contribution >= 4 is 23.0 Å². The van der Waals surface area contributed by atoms with E-state index in [1.54, 1.807) is 11.3 Å². The van der Waals surface area contributed by atoms with Gasteiger partial charge < -0.3 is 0 Å². The Morgan fingerprint density at radius 1 is 1.45 bits per heavy atom. The molecular formula is C18H26N2OS. The van der Waals surface area contributed by atoms with Crippen molar-refractivity contribution in [2.45, 2.75) is 59.8 Å². The lowest BCUT2D eigenvalue weighted by Gasteiger charge is -2.34. The van der Waals surface area contributed by atoms with E-state index in [2.05, 4.69) is 38.2 Å². The largest absolute Gasteiger partial charge is 0.272 e. The molecule has 1 amide bonds. The number of carbonyl (C=O) groups excluding carboxylic acids is 1. The van der Waals surface area contributed by atoms with Gasteiger partial charge in [0, 0.05) is 21.4 Å². The van der Waals surface area contributed by atoms with Gasteiger partial charge in [-0.15, -0.1) is 11.3 Å². The molecule has 2 saturated carbocycles. The van der Waals surface area contributed by atoms with Crippen molar-refractivity contribution < 1.29 is 4.79 Å². The number of hydrogen-bond donors (Lipinski definition) is 1. The van der Waals surface area contributed by atoms with Gasteiger partial charge in [0.2, 0.25) is 0 Å². The SMILES string of the molecule is CCCc1cc(C(=O)N/N=C2/CC3CCC2(C)C3(C)C)cs1. The van der Waals surface area contributed by atoms with Crippen LogP contribution in [0.1, 0.15) is 68.6 Å². The van der Waals surface area contributed by atoms with Crippen LogP contribution in [-0.2, 0) is 6.42 Å². The normalized spacial score (nSPS) is 30.9. The Hall–Kier alpha value is -1.16. The van der Waals surface area contributed by atoms with E-state index >= 15 is 0 Å². The van der Waals surface area contributed by atoms with Gasteiger partial charge in [-0.1, -0.05) is 34.1 Å². The number of amides is 1. The standard InChI is InChI=1S/C18H26N2OS/c1-5-6-14-9-12(11-22-14)16(21)20-19-15-10-13-7-8-18(15,4)17(13,2)3/h9,11,13H,5-8,10H2,1-4H3,(H,20,21)/b19-15-. The molecule has 2 aliphatic rings. The van der Waals surface area contributed by atoms with Gasteiger partial charge in [-0.2, -0.15) is 5.10 Å². The van der Waals surface area contributed by atoms with Crippen LogP contribution in [-0.4, -0.2) is 11.6 Å². The Bertz CT molecular complexity index is 616. The molecule has 3 rings (SSSR count). The molecule has 1 heterocycles. The zero-order chi connectivity index (χ0) is 16.0. The Morgan fingerprint density at radius 3 is 2.82 bits per heavy atom. The van der Waals surface area contributed by atoms with E-state index < -0.39 is 0 Å². The second-order valence-electron chi connectivity index (χ2n) is 7.54. The highest BCUT2D eigenvalue weighted by atomic mass is 32.1. The Morgan fingerprint density at radius 2 is 2.23 bits per heavy atom. The molecule has 1 N–H and O–H groups in total. The van der Waals surface area contributed by atoms with Crippen LogP contribution in [0.5, 0.6) is 0 Å². The summed E-state index contributed by atoms with van der Waals surface area (Å²) < 4.78 is 0. The van der Waals surface area contributed by atoms with E-state index in [1.165, 1.54) is 23.4 Å². The molecule has 2 aliphatic carbocycles. The maximum atomic E-state index is 12.3. The number of nitrogens with zero attached hydrogens (tertiary/aromatic N) is 1. The number of rotatable bonds is 4. The first-order valence-corrected chi connectivity index (χ1v) is 9.21. The van der Waals surface area contributed by atoms with E-state index in [0.29, 0.717) is 11.3 Å². The Kier molecular flexibility index (Phi) is 3.92. The number of thiophene rings is 1. The van der Waals surface area contributed by atoms with Gasteiger partial charge in [0.15, 0.2) is 0 Å². The number of hydrazone groups is 1. The van der Waals surface area contributed by atoms with E-state index in [9.17, 15) is 4.79 Å². The predicted molar refractivity (Wildman–Crippen MR) is 92.4 cm³/mol. The minimum Gasteiger partial charge on any atom is -0.267 e. The Labute approximate surface area is 137 Å². The molecule has 22 heavy (non-hydrogen) atoms. The fourth-order valence-corrected chi connectivity index (χ4v) is 5.13. The Balaban J connectivity index is 1.70. The van der Waals surface area contributed by atoms with Crippen molar-refractivity contribution in [1.82, 2.24) is 5.43 Å². The maximum absolute atomic E-state index is 12.3. The van der Waals surface area contributed by atoms with Gasteiger partial charge in [0.1, 0.15) is 0 Å². The highest BCUT2D eigenvalue weighted by Gasteiger charge is 2.59. The third kappa shape index (κ3) is 2.32. The molecule has 2 fully saturated rings. The highest BCUT2D eigenvalue weighted by molar-refractivity contribution is 7.10. The van der Waals surface area contributed by atoms with Crippen molar-refractivity contribution in [1.29, 1.82) is 0 Å². The predicted octanol–water partition coefficient (Wildman–Crippen LogP) is 4.63. The molecule has 0 aliphatic heterocycles. The molecule has 1 aromatic heterocycles. The van der Waals surface area contributed by atoms with Crippen LogP contribution in [0.2, 0.25) is 0 Å². The van der Waals surface area contributed by atoms with Gasteiger partial charge in [-0.05, 0) is 43.1 Å². The van der Waals surface area contributed by atoms with Crippen molar-refractivity contribution in [2.75, 3.05) is 0 Å². The molecule has 0 aromatic carbocycles. The summed E-state index contributed by atoms with van der Waals surface area (Å²) in [6, 6.07) is 2.00. The lowest BCUT2D eigenvalue weighted by atomic mass is 9.70. The summed E-state index contributed by atoms with van der Waals surface area (Å²) in [5.41, 5.74) is 5.17.